The van der Waals surface area contributed by atoms with Gasteiger partial charge >= 0.3 is 0 Å². The molecular formula is C15H13O3-. The molecule has 92 valence electrons. The van der Waals surface area contributed by atoms with Gasteiger partial charge in [0, 0.05) is 0 Å². The molecule has 0 fully saturated rings. The third-order valence-corrected chi connectivity index (χ3v) is 2.56. The van der Waals surface area contributed by atoms with Gasteiger partial charge in [-0.25, -0.2) is 0 Å². The van der Waals surface area contributed by atoms with E-state index in [1.54, 1.807) is 0 Å². The van der Waals surface area contributed by atoms with Crippen LogP contribution in [-0.2, 0) is 4.79 Å². The van der Waals surface area contributed by atoms with Crippen molar-refractivity contribution in [3.63, 3.8) is 0 Å². The summed E-state index contributed by atoms with van der Waals surface area (Å²) < 4.78 is 5.42. The first kappa shape index (κ1) is 12.2. The van der Waals surface area contributed by atoms with Gasteiger partial charge in [0.15, 0.2) is 0 Å². The molecule has 0 radical (unpaired) electrons. The van der Waals surface area contributed by atoms with Crippen LogP contribution in [0, 0.1) is 0 Å². The molecular weight excluding hydrogens is 228 g/mol. The Morgan fingerprint density at radius 3 is 2.67 bits per heavy atom. The summed E-state index contributed by atoms with van der Waals surface area (Å²) >= 11 is 0. The number of hydrogen-bond donors (Lipinski definition) is 0. The number of aliphatic carboxylic acids is 1. The zero-order valence-corrected chi connectivity index (χ0v) is 10.1. The third kappa shape index (κ3) is 2.88. The summed E-state index contributed by atoms with van der Waals surface area (Å²) in [6, 6.07) is 11.5. The molecule has 3 heteroatoms. The van der Waals surface area contributed by atoms with Crippen molar-refractivity contribution in [2.45, 2.75) is 6.92 Å². The number of rotatable bonds is 4. The zero-order chi connectivity index (χ0) is 13.0. The van der Waals surface area contributed by atoms with Gasteiger partial charge in [-0.3, -0.25) is 0 Å². The Bertz CT molecular complexity index is 600. The summed E-state index contributed by atoms with van der Waals surface area (Å²) in [5.74, 6) is -0.357. The monoisotopic (exact) mass is 241 g/mol. The topological polar surface area (TPSA) is 49.4 Å². The molecule has 0 saturated carbocycles. The number of hydrogen-bond acceptors (Lipinski definition) is 3. The molecule has 0 heterocycles. The van der Waals surface area contributed by atoms with Crippen molar-refractivity contribution in [2.24, 2.45) is 0 Å². The molecule has 0 amide bonds. The molecule has 0 N–H and O–H groups in total. The lowest BCUT2D eigenvalue weighted by atomic mass is 10.1. The van der Waals surface area contributed by atoms with Crippen LogP contribution in [0.2, 0.25) is 0 Å². The van der Waals surface area contributed by atoms with E-state index in [4.69, 9.17) is 4.74 Å². The van der Waals surface area contributed by atoms with Gasteiger partial charge in [0.1, 0.15) is 5.75 Å². The van der Waals surface area contributed by atoms with Crippen LogP contribution < -0.4 is 9.84 Å². The largest absolute Gasteiger partial charge is 0.545 e. The molecule has 0 aromatic heterocycles. The van der Waals surface area contributed by atoms with E-state index in [2.05, 4.69) is 0 Å². The highest BCUT2D eigenvalue weighted by Gasteiger charge is 1.97. The first-order valence-corrected chi connectivity index (χ1v) is 5.74. The molecule has 0 saturated heterocycles. The lowest BCUT2D eigenvalue weighted by Crippen LogP contribution is -2.18. The van der Waals surface area contributed by atoms with Crippen LogP contribution in [0.4, 0.5) is 0 Å². The van der Waals surface area contributed by atoms with E-state index in [-0.39, 0.29) is 0 Å². The number of ether oxygens (including phenoxy) is 1. The SMILES string of the molecule is CCOc1ccc2cc(/C=C/C(=O)[O-])ccc2c1. The normalized spacial score (nSPS) is 10.9. The maximum Gasteiger partial charge on any atom is 0.119 e. The highest BCUT2D eigenvalue weighted by Crippen LogP contribution is 2.22. The fourth-order valence-corrected chi connectivity index (χ4v) is 1.77. The van der Waals surface area contributed by atoms with Crippen LogP contribution in [-0.4, -0.2) is 12.6 Å². The maximum absolute atomic E-state index is 10.3. The second kappa shape index (κ2) is 5.36. The van der Waals surface area contributed by atoms with Crippen molar-refractivity contribution in [2.75, 3.05) is 6.61 Å². The van der Waals surface area contributed by atoms with Crippen LogP contribution in [0.3, 0.4) is 0 Å². The summed E-state index contributed by atoms with van der Waals surface area (Å²) in [5.41, 5.74) is 0.829. The van der Waals surface area contributed by atoms with Crippen LogP contribution in [0.15, 0.2) is 42.5 Å². The Kier molecular flexibility index (Phi) is 3.63. The Hall–Kier alpha value is -2.29. The Morgan fingerprint density at radius 1 is 1.22 bits per heavy atom. The molecule has 0 bridgehead atoms. The van der Waals surface area contributed by atoms with Crippen LogP contribution in [0.25, 0.3) is 16.8 Å². The Balaban J connectivity index is 2.35. The number of carbonyl (C=O) groups is 1. The molecule has 0 atom stereocenters. The molecule has 18 heavy (non-hydrogen) atoms. The Morgan fingerprint density at radius 2 is 1.94 bits per heavy atom. The number of carboxylic acid groups (broad SMARTS) is 1. The van der Waals surface area contributed by atoms with Crippen LogP contribution >= 0.6 is 0 Å². The quantitative estimate of drug-likeness (QED) is 0.769. The van der Waals surface area contributed by atoms with E-state index in [0.29, 0.717) is 6.61 Å². The average molecular weight is 241 g/mol. The van der Waals surface area contributed by atoms with Crippen molar-refractivity contribution in [3.05, 3.63) is 48.0 Å². The van der Waals surface area contributed by atoms with Gasteiger partial charge in [-0.15, -0.1) is 0 Å². The molecule has 0 aliphatic heterocycles. The Labute approximate surface area is 105 Å². The summed E-state index contributed by atoms with van der Waals surface area (Å²) in [6.45, 7) is 2.58. The first-order chi connectivity index (χ1) is 8.69. The van der Waals surface area contributed by atoms with Gasteiger partial charge in [0.2, 0.25) is 0 Å². The lowest BCUT2D eigenvalue weighted by molar-refractivity contribution is -0.297. The van der Waals surface area contributed by atoms with Gasteiger partial charge in [0.05, 0.1) is 12.6 Å². The minimum Gasteiger partial charge on any atom is -0.545 e. The van der Waals surface area contributed by atoms with E-state index in [0.717, 1.165) is 28.2 Å². The standard InChI is InChI=1S/C15H14O3/c1-2-18-14-7-6-12-9-11(4-8-15(16)17)3-5-13(12)10-14/h3-10H,2H2,1H3,(H,16,17)/p-1/b8-4+. The first-order valence-electron chi connectivity index (χ1n) is 5.74. The lowest BCUT2D eigenvalue weighted by Gasteiger charge is -2.05. The molecule has 2 aromatic carbocycles. The summed E-state index contributed by atoms with van der Waals surface area (Å²) in [4.78, 5) is 10.3. The second-order valence-electron chi connectivity index (χ2n) is 3.85. The van der Waals surface area contributed by atoms with Gasteiger partial charge in [0.25, 0.3) is 0 Å². The molecule has 0 aliphatic rings. The second-order valence-corrected chi connectivity index (χ2v) is 3.85. The van der Waals surface area contributed by atoms with Crippen molar-refractivity contribution >= 4 is 22.8 Å². The molecule has 3 nitrogen and oxygen atoms in total. The van der Waals surface area contributed by atoms with Crippen molar-refractivity contribution in [3.8, 4) is 5.75 Å². The average Bonchev–Trinajstić information content (AvgIpc) is 2.36. The van der Waals surface area contributed by atoms with Crippen LogP contribution in [0.5, 0.6) is 5.75 Å². The van der Waals surface area contributed by atoms with E-state index in [9.17, 15) is 9.90 Å². The van der Waals surface area contributed by atoms with Gasteiger partial charge in [-0.1, -0.05) is 24.3 Å². The fraction of sp³-hybridized carbons (Fsp3) is 0.133. The number of carbonyl (C=O) groups excluding carboxylic acids is 1. The smallest absolute Gasteiger partial charge is 0.119 e. The van der Waals surface area contributed by atoms with E-state index >= 15 is 0 Å². The predicted octanol–water partition coefficient (Wildman–Crippen LogP) is 2.00. The molecule has 2 rings (SSSR count). The van der Waals surface area contributed by atoms with Crippen molar-refractivity contribution in [1.29, 1.82) is 0 Å². The predicted molar refractivity (Wildman–Crippen MR) is 69.2 cm³/mol. The van der Waals surface area contributed by atoms with Gasteiger partial charge < -0.3 is 14.6 Å². The number of fused-ring (bicyclic) bond motifs is 1. The fourth-order valence-electron chi connectivity index (χ4n) is 1.77. The van der Waals surface area contributed by atoms with E-state index < -0.39 is 5.97 Å². The van der Waals surface area contributed by atoms with E-state index in [1.165, 1.54) is 6.08 Å². The minimum absolute atomic E-state index is 0.637. The van der Waals surface area contributed by atoms with Crippen molar-refractivity contribution in [1.82, 2.24) is 0 Å². The minimum atomic E-state index is -1.19. The molecule has 2 aromatic rings. The highest BCUT2D eigenvalue weighted by atomic mass is 16.5. The highest BCUT2D eigenvalue weighted by molar-refractivity contribution is 5.88. The third-order valence-electron chi connectivity index (χ3n) is 2.56. The van der Waals surface area contributed by atoms with Crippen LogP contribution in [0.1, 0.15) is 12.5 Å². The zero-order valence-electron chi connectivity index (χ0n) is 10.1. The van der Waals surface area contributed by atoms with E-state index in [1.807, 2.05) is 43.3 Å². The van der Waals surface area contributed by atoms with Crippen molar-refractivity contribution < 1.29 is 14.6 Å². The molecule has 0 unspecified atom stereocenters. The van der Waals surface area contributed by atoms with Gasteiger partial charge in [-0.05, 0) is 47.5 Å². The number of carboxylic acids is 1. The van der Waals surface area contributed by atoms with Gasteiger partial charge in [-0.2, -0.15) is 0 Å². The molecule has 0 spiro atoms. The molecule has 0 aliphatic carbocycles. The summed E-state index contributed by atoms with van der Waals surface area (Å²) in [7, 11) is 0. The summed E-state index contributed by atoms with van der Waals surface area (Å²) in [5, 5.41) is 12.4. The summed E-state index contributed by atoms with van der Waals surface area (Å²) in [6.07, 6.45) is 2.54. The number of benzene rings is 2. The maximum atomic E-state index is 10.3.